The van der Waals surface area contributed by atoms with Crippen molar-refractivity contribution in [1.29, 1.82) is 0 Å². The van der Waals surface area contributed by atoms with Gasteiger partial charge < -0.3 is 10.1 Å². The quantitative estimate of drug-likeness (QED) is 0.687. The van der Waals surface area contributed by atoms with E-state index in [-0.39, 0.29) is 15.6 Å². The predicted octanol–water partition coefficient (Wildman–Crippen LogP) is 5.14. The van der Waals surface area contributed by atoms with Crippen LogP contribution in [0.4, 0.5) is 5.69 Å². The normalized spacial score (nSPS) is 10.4. The maximum Gasteiger partial charge on any atom is 0.258 e. The van der Waals surface area contributed by atoms with Crippen molar-refractivity contribution >= 4 is 34.8 Å². The molecule has 3 aromatic rings. The maximum atomic E-state index is 12.3. The van der Waals surface area contributed by atoms with Crippen LogP contribution in [0.25, 0.3) is 0 Å². The molecule has 0 unspecified atom stereocenters. The minimum atomic E-state index is -0.408. The molecule has 0 aliphatic rings. The van der Waals surface area contributed by atoms with Crippen LogP contribution in [0, 0.1) is 6.92 Å². The van der Waals surface area contributed by atoms with Crippen LogP contribution in [0.5, 0.6) is 11.6 Å². The Bertz CT molecular complexity index is 894. The van der Waals surface area contributed by atoms with E-state index >= 15 is 0 Å². The number of amides is 1. The lowest BCUT2D eigenvalue weighted by Crippen LogP contribution is -2.13. The summed E-state index contributed by atoms with van der Waals surface area (Å²) in [6.45, 7) is 1.84. The number of nitrogens with one attached hydrogen (secondary N) is 1. The molecule has 7 heteroatoms. The Hall–Kier alpha value is -2.63. The van der Waals surface area contributed by atoms with Crippen molar-refractivity contribution in [3.63, 3.8) is 0 Å². The Balaban J connectivity index is 1.73. The third-order valence-electron chi connectivity index (χ3n) is 3.36. The number of aromatic nitrogens is 2. The molecule has 0 aliphatic heterocycles. The van der Waals surface area contributed by atoms with Crippen LogP contribution in [-0.4, -0.2) is 15.9 Å². The van der Waals surface area contributed by atoms with Crippen molar-refractivity contribution in [3.8, 4) is 11.6 Å². The molecule has 0 saturated carbocycles. The topological polar surface area (TPSA) is 64.1 Å². The van der Waals surface area contributed by atoms with Crippen LogP contribution in [-0.2, 0) is 0 Å². The number of carbonyl (C=O) groups is 1. The van der Waals surface area contributed by atoms with Gasteiger partial charge in [0.1, 0.15) is 0 Å². The van der Waals surface area contributed by atoms with E-state index < -0.39 is 5.91 Å². The van der Waals surface area contributed by atoms with Gasteiger partial charge in [-0.05, 0) is 37.3 Å². The summed E-state index contributed by atoms with van der Waals surface area (Å²) in [5.41, 5.74) is 1.48. The van der Waals surface area contributed by atoms with E-state index in [4.69, 9.17) is 27.9 Å². The maximum absolute atomic E-state index is 12.3. The van der Waals surface area contributed by atoms with Gasteiger partial charge in [0.15, 0.2) is 5.75 Å². The number of carbonyl (C=O) groups excluding carboxylic acids is 1. The Kier molecular flexibility index (Phi) is 5.16. The van der Waals surface area contributed by atoms with Gasteiger partial charge in [0.2, 0.25) is 5.88 Å². The fourth-order valence-electron chi connectivity index (χ4n) is 2.11. The molecule has 0 fully saturated rings. The molecular formula is C18H13Cl2N3O2. The van der Waals surface area contributed by atoms with E-state index in [0.29, 0.717) is 17.3 Å². The van der Waals surface area contributed by atoms with Crippen molar-refractivity contribution in [1.82, 2.24) is 9.97 Å². The summed E-state index contributed by atoms with van der Waals surface area (Å²) in [7, 11) is 0. The Morgan fingerprint density at radius 3 is 2.44 bits per heavy atom. The highest BCUT2D eigenvalue weighted by Crippen LogP contribution is 2.26. The van der Waals surface area contributed by atoms with Gasteiger partial charge in [-0.15, -0.1) is 0 Å². The summed E-state index contributed by atoms with van der Waals surface area (Å²) in [5.74, 6) is 0.605. The van der Waals surface area contributed by atoms with Crippen LogP contribution >= 0.6 is 23.2 Å². The Morgan fingerprint density at radius 2 is 1.80 bits per heavy atom. The minimum Gasteiger partial charge on any atom is -0.437 e. The smallest absolute Gasteiger partial charge is 0.258 e. The SMILES string of the molecule is Cc1ncccc1Oc1ccc(NC(=O)c2c(Cl)cccc2Cl)cn1. The standard InChI is InChI=1S/C18H13Cl2N3O2/c1-11-15(6-3-9-21-11)25-16-8-7-12(10-22-16)23-18(24)17-13(19)4-2-5-14(17)20/h2-10H,1H3,(H,23,24). The second kappa shape index (κ2) is 7.51. The minimum absolute atomic E-state index is 0.220. The van der Waals surface area contributed by atoms with Gasteiger partial charge in [-0.3, -0.25) is 9.78 Å². The van der Waals surface area contributed by atoms with Gasteiger partial charge in [-0.2, -0.15) is 0 Å². The number of ether oxygens (including phenoxy) is 1. The highest BCUT2D eigenvalue weighted by molar-refractivity contribution is 6.40. The molecule has 126 valence electrons. The van der Waals surface area contributed by atoms with E-state index in [0.717, 1.165) is 5.69 Å². The van der Waals surface area contributed by atoms with Gasteiger partial charge in [0.25, 0.3) is 5.91 Å². The van der Waals surface area contributed by atoms with E-state index in [9.17, 15) is 4.79 Å². The number of anilines is 1. The highest BCUT2D eigenvalue weighted by atomic mass is 35.5. The lowest BCUT2D eigenvalue weighted by molar-refractivity contribution is 0.102. The van der Waals surface area contributed by atoms with Gasteiger partial charge in [0, 0.05) is 12.3 Å². The molecule has 3 rings (SSSR count). The zero-order valence-electron chi connectivity index (χ0n) is 13.2. The number of hydrogen-bond donors (Lipinski definition) is 1. The van der Waals surface area contributed by atoms with E-state index in [1.54, 1.807) is 48.7 Å². The Morgan fingerprint density at radius 1 is 1.04 bits per heavy atom. The number of benzene rings is 1. The first kappa shape index (κ1) is 17.2. The first-order valence-corrected chi connectivity index (χ1v) is 8.11. The average molecular weight is 374 g/mol. The number of nitrogens with zero attached hydrogens (tertiary/aromatic N) is 2. The fourth-order valence-corrected chi connectivity index (χ4v) is 2.68. The van der Waals surface area contributed by atoms with Crippen LogP contribution in [0.15, 0.2) is 54.9 Å². The van der Waals surface area contributed by atoms with E-state index in [1.807, 2.05) is 6.92 Å². The summed E-state index contributed by atoms with van der Waals surface area (Å²) in [6.07, 6.45) is 3.18. The summed E-state index contributed by atoms with van der Waals surface area (Å²) in [6, 6.07) is 11.8. The fraction of sp³-hybridized carbons (Fsp3) is 0.0556. The largest absolute Gasteiger partial charge is 0.437 e. The second-order valence-corrected chi connectivity index (χ2v) is 5.94. The number of rotatable bonds is 4. The molecule has 2 heterocycles. The lowest BCUT2D eigenvalue weighted by Gasteiger charge is -2.09. The number of halogens is 2. The Labute approximate surface area is 154 Å². The molecule has 1 aromatic carbocycles. The van der Waals surface area contributed by atoms with Crippen molar-refractivity contribution in [3.05, 3.63) is 76.2 Å². The molecule has 0 radical (unpaired) electrons. The van der Waals surface area contributed by atoms with Crippen LogP contribution in [0.1, 0.15) is 16.1 Å². The second-order valence-electron chi connectivity index (χ2n) is 5.12. The molecule has 0 bridgehead atoms. The molecule has 0 spiro atoms. The molecule has 0 saturated heterocycles. The van der Waals surface area contributed by atoms with E-state index in [1.165, 1.54) is 6.20 Å². The number of pyridine rings is 2. The zero-order valence-corrected chi connectivity index (χ0v) is 14.7. The molecule has 1 N–H and O–H groups in total. The first-order chi connectivity index (χ1) is 12.0. The molecule has 0 aliphatic carbocycles. The monoisotopic (exact) mass is 373 g/mol. The molecular weight excluding hydrogens is 361 g/mol. The third-order valence-corrected chi connectivity index (χ3v) is 3.99. The summed E-state index contributed by atoms with van der Waals surface area (Å²) >= 11 is 12.1. The summed E-state index contributed by atoms with van der Waals surface area (Å²) < 4.78 is 5.66. The zero-order chi connectivity index (χ0) is 17.8. The predicted molar refractivity (Wildman–Crippen MR) is 97.7 cm³/mol. The summed E-state index contributed by atoms with van der Waals surface area (Å²) in [5, 5.41) is 3.27. The third kappa shape index (κ3) is 4.07. The molecule has 0 atom stereocenters. The first-order valence-electron chi connectivity index (χ1n) is 7.35. The molecule has 1 amide bonds. The van der Waals surface area contributed by atoms with Crippen molar-refractivity contribution in [2.45, 2.75) is 6.92 Å². The van der Waals surface area contributed by atoms with Crippen molar-refractivity contribution < 1.29 is 9.53 Å². The molecule has 5 nitrogen and oxygen atoms in total. The van der Waals surface area contributed by atoms with Crippen LogP contribution < -0.4 is 10.1 Å². The molecule has 2 aromatic heterocycles. The van der Waals surface area contributed by atoms with E-state index in [2.05, 4.69) is 15.3 Å². The highest BCUT2D eigenvalue weighted by Gasteiger charge is 2.14. The summed E-state index contributed by atoms with van der Waals surface area (Å²) in [4.78, 5) is 20.7. The van der Waals surface area contributed by atoms with Gasteiger partial charge in [0.05, 0.1) is 33.2 Å². The average Bonchev–Trinajstić information content (AvgIpc) is 2.58. The lowest BCUT2D eigenvalue weighted by atomic mass is 10.2. The van der Waals surface area contributed by atoms with Crippen LogP contribution in [0.2, 0.25) is 10.0 Å². The number of aryl methyl sites for hydroxylation is 1. The van der Waals surface area contributed by atoms with Crippen molar-refractivity contribution in [2.75, 3.05) is 5.32 Å². The van der Waals surface area contributed by atoms with Crippen molar-refractivity contribution in [2.24, 2.45) is 0 Å². The van der Waals surface area contributed by atoms with Crippen LogP contribution in [0.3, 0.4) is 0 Å². The number of hydrogen-bond acceptors (Lipinski definition) is 4. The van der Waals surface area contributed by atoms with Gasteiger partial charge in [-0.25, -0.2) is 4.98 Å². The molecule has 25 heavy (non-hydrogen) atoms. The van der Waals surface area contributed by atoms with Gasteiger partial charge in [-0.1, -0.05) is 29.3 Å². The van der Waals surface area contributed by atoms with Gasteiger partial charge >= 0.3 is 0 Å².